The van der Waals surface area contributed by atoms with Crippen LogP contribution in [0.3, 0.4) is 0 Å². The fourth-order valence-corrected chi connectivity index (χ4v) is 4.70. The number of hydrogen-bond acceptors (Lipinski definition) is 6. The third-order valence-corrected chi connectivity index (χ3v) is 6.45. The summed E-state index contributed by atoms with van der Waals surface area (Å²) < 4.78 is 4.75. The Kier molecular flexibility index (Phi) is 6.95. The number of aromatic nitrogens is 2. The zero-order chi connectivity index (χ0) is 24.9. The lowest BCUT2D eigenvalue weighted by Crippen LogP contribution is -2.41. The van der Waals surface area contributed by atoms with Gasteiger partial charge in [0.1, 0.15) is 0 Å². The van der Waals surface area contributed by atoms with Crippen LogP contribution < -0.4 is 10.6 Å². The Balaban J connectivity index is 1.20. The topological polar surface area (TPSA) is 99.4 Å². The molecule has 1 saturated heterocycles. The lowest BCUT2D eigenvalue weighted by atomic mass is 10.0. The Labute approximate surface area is 209 Å². The number of H-pyrrole nitrogens is 1. The molecule has 1 aliphatic heterocycles. The van der Waals surface area contributed by atoms with Gasteiger partial charge in [-0.15, -0.1) is 0 Å². The van der Waals surface area contributed by atoms with E-state index >= 15 is 0 Å². The third-order valence-electron chi connectivity index (χ3n) is 6.45. The van der Waals surface area contributed by atoms with Crippen molar-refractivity contribution in [1.82, 2.24) is 15.1 Å². The summed E-state index contributed by atoms with van der Waals surface area (Å²) in [6.07, 6.45) is 4.09. The second kappa shape index (κ2) is 10.6. The molecule has 0 saturated carbocycles. The molecule has 2 heterocycles. The van der Waals surface area contributed by atoms with E-state index in [9.17, 15) is 9.59 Å². The number of carbonyl (C=O) groups is 2. The molecule has 1 fully saturated rings. The highest BCUT2D eigenvalue weighted by Gasteiger charge is 2.20. The second-order valence-electron chi connectivity index (χ2n) is 9.12. The van der Waals surface area contributed by atoms with Crippen molar-refractivity contribution in [2.24, 2.45) is 0 Å². The van der Waals surface area contributed by atoms with Gasteiger partial charge in [0.15, 0.2) is 0 Å². The van der Waals surface area contributed by atoms with Crippen LogP contribution in [-0.4, -0.2) is 53.2 Å². The van der Waals surface area contributed by atoms with E-state index in [1.165, 1.54) is 13.2 Å². The minimum absolute atomic E-state index is 0.269. The molecule has 36 heavy (non-hydrogen) atoms. The van der Waals surface area contributed by atoms with Crippen LogP contribution >= 0.6 is 0 Å². The molecule has 0 aliphatic carbocycles. The molecule has 1 atom stereocenters. The highest BCUT2D eigenvalue weighted by molar-refractivity contribution is 6.05. The van der Waals surface area contributed by atoms with Crippen LogP contribution in [0, 0.1) is 0 Å². The summed E-state index contributed by atoms with van der Waals surface area (Å²) in [5, 5.41) is 14.8. The lowest BCUT2D eigenvalue weighted by Gasteiger charge is -2.33. The Bertz CT molecular complexity index is 1380. The Morgan fingerprint density at radius 2 is 1.92 bits per heavy atom. The number of benzene rings is 3. The molecule has 3 aromatic carbocycles. The van der Waals surface area contributed by atoms with Gasteiger partial charge in [0, 0.05) is 41.5 Å². The molecule has 8 heteroatoms. The summed E-state index contributed by atoms with van der Waals surface area (Å²) in [5.74, 6) is -0.738. The summed E-state index contributed by atoms with van der Waals surface area (Å²) >= 11 is 0. The van der Waals surface area contributed by atoms with Gasteiger partial charge in [0.25, 0.3) is 5.91 Å². The van der Waals surface area contributed by atoms with Crippen LogP contribution in [0.5, 0.6) is 0 Å². The average Bonchev–Trinajstić information content (AvgIpc) is 3.37. The van der Waals surface area contributed by atoms with Crippen LogP contribution in [0.25, 0.3) is 10.9 Å². The molecule has 1 amide bonds. The van der Waals surface area contributed by atoms with Crippen molar-refractivity contribution < 1.29 is 14.3 Å². The van der Waals surface area contributed by atoms with Crippen molar-refractivity contribution in [3.8, 4) is 0 Å². The van der Waals surface area contributed by atoms with Gasteiger partial charge < -0.3 is 15.4 Å². The summed E-state index contributed by atoms with van der Waals surface area (Å²) in [7, 11) is 1.32. The second-order valence-corrected chi connectivity index (χ2v) is 9.12. The number of likely N-dealkylation sites (tertiary alicyclic amines) is 1. The number of piperidine rings is 1. The van der Waals surface area contributed by atoms with E-state index in [1.807, 2.05) is 24.4 Å². The van der Waals surface area contributed by atoms with E-state index in [1.54, 1.807) is 18.2 Å². The van der Waals surface area contributed by atoms with E-state index in [0.29, 0.717) is 17.2 Å². The molecule has 0 radical (unpaired) electrons. The monoisotopic (exact) mass is 483 g/mol. The van der Waals surface area contributed by atoms with Crippen LogP contribution in [0.1, 0.15) is 39.1 Å². The average molecular weight is 484 g/mol. The molecule has 184 valence electrons. The molecular formula is C28H29N5O3. The number of anilines is 2. The fourth-order valence-electron chi connectivity index (χ4n) is 4.70. The molecule has 0 spiro atoms. The number of rotatable bonds is 7. The van der Waals surface area contributed by atoms with Gasteiger partial charge in [-0.2, -0.15) is 5.10 Å². The van der Waals surface area contributed by atoms with Gasteiger partial charge in [-0.1, -0.05) is 18.2 Å². The first-order valence-electron chi connectivity index (χ1n) is 12.1. The van der Waals surface area contributed by atoms with Crippen LogP contribution in [0.15, 0.2) is 72.9 Å². The number of nitrogens with zero attached hydrogens (tertiary/aromatic N) is 2. The predicted octanol–water partition coefficient (Wildman–Crippen LogP) is 4.68. The zero-order valence-electron chi connectivity index (χ0n) is 20.2. The summed E-state index contributed by atoms with van der Waals surface area (Å²) in [5.41, 5.74) is 4.75. The first kappa shape index (κ1) is 23.6. The van der Waals surface area contributed by atoms with Gasteiger partial charge in [-0.05, 0) is 73.5 Å². The van der Waals surface area contributed by atoms with E-state index < -0.39 is 5.97 Å². The standard InChI is InChI=1S/C28H29N5O3/c1-36-28(35)21-7-3-6-20(14-21)27(34)31-23-8-2-5-19(13-23)17-33-12-4-9-25(18-33)30-24-10-11-26-22(15-24)16-29-32-26/h2-3,5-8,10-11,13-16,25,30H,4,9,12,17-18H2,1H3,(H,29,32)(H,31,34). The van der Waals surface area contributed by atoms with Crippen molar-refractivity contribution in [3.05, 3.63) is 89.6 Å². The number of fused-ring (bicyclic) bond motifs is 1. The van der Waals surface area contributed by atoms with E-state index in [-0.39, 0.29) is 5.91 Å². The predicted molar refractivity (Wildman–Crippen MR) is 140 cm³/mol. The van der Waals surface area contributed by atoms with E-state index in [4.69, 9.17) is 4.74 Å². The molecule has 4 aromatic rings. The summed E-state index contributed by atoms with van der Waals surface area (Å²) in [6, 6.07) is 21.1. The van der Waals surface area contributed by atoms with Gasteiger partial charge in [0.2, 0.25) is 0 Å². The minimum atomic E-state index is -0.469. The summed E-state index contributed by atoms with van der Waals surface area (Å²) in [4.78, 5) is 27.0. The van der Waals surface area contributed by atoms with Crippen molar-refractivity contribution in [3.63, 3.8) is 0 Å². The molecule has 1 unspecified atom stereocenters. The number of hydrogen-bond donors (Lipinski definition) is 3. The molecule has 5 rings (SSSR count). The lowest BCUT2D eigenvalue weighted by molar-refractivity contribution is 0.0600. The largest absolute Gasteiger partial charge is 0.465 e. The highest BCUT2D eigenvalue weighted by Crippen LogP contribution is 2.22. The van der Waals surface area contributed by atoms with E-state index in [2.05, 4.69) is 50.0 Å². The van der Waals surface area contributed by atoms with Crippen molar-refractivity contribution >= 4 is 34.2 Å². The van der Waals surface area contributed by atoms with Crippen molar-refractivity contribution in [2.75, 3.05) is 30.8 Å². The smallest absolute Gasteiger partial charge is 0.337 e. The molecule has 8 nitrogen and oxygen atoms in total. The number of amides is 1. The van der Waals surface area contributed by atoms with Crippen LogP contribution in [0.4, 0.5) is 11.4 Å². The number of ether oxygens (including phenoxy) is 1. The Hall–Kier alpha value is -4.17. The minimum Gasteiger partial charge on any atom is -0.465 e. The number of aromatic amines is 1. The molecule has 1 aromatic heterocycles. The SMILES string of the molecule is COC(=O)c1cccc(C(=O)Nc2cccc(CN3CCCC(Nc4ccc5[nH]ncc5c4)C3)c2)c1. The van der Waals surface area contributed by atoms with Gasteiger partial charge in [-0.3, -0.25) is 14.8 Å². The Morgan fingerprint density at radius 3 is 2.81 bits per heavy atom. The highest BCUT2D eigenvalue weighted by atomic mass is 16.5. The Morgan fingerprint density at radius 1 is 1.06 bits per heavy atom. The van der Waals surface area contributed by atoms with Gasteiger partial charge >= 0.3 is 5.97 Å². The zero-order valence-corrected chi connectivity index (χ0v) is 20.2. The molecule has 1 aliphatic rings. The van der Waals surface area contributed by atoms with Crippen molar-refractivity contribution in [1.29, 1.82) is 0 Å². The van der Waals surface area contributed by atoms with Crippen LogP contribution in [-0.2, 0) is 11.3 Å². The maximum Gasteiger partial charge on any atom is 0.337 e. The van der Waals surface area contributed by atoms with Crippen LogP contribution in [0.2, 0.25) is 0 Å². The molecule has 3 N–H and O–H groups in total. The quantitative estimate of drug-likeness (QED) is 0.330. The van der Waals surface area contributed by atoms with E-state index in [0.717, 1.165) is 60.3 Å². The fraction of sp³-hybridized carbons (Fsp3) is 0.250. The van der Waals surface area contributed by atoms with Gasteiger partial charge in [0.05, 0.1) is 24.4 Å². The number of nitrogens with one attached hydrogen (secondary N) is 3. The third kappa shape index (κ3) is 5.55. The number of esters is 1. The first-order valence-corrected chi connectivity index (χ1v) is 12.1. The molecular weight excluding hydrogens is 454 g/mol. The normalized spacial score (nSPS) is 16.0. The van der Waals surface area contributed by atoms with Gasteiger partial charge in [-0.25, -0.2) is 4.79 Å². The maximum atomic E-state index is 12.8. The number of methoxy groups -OCH3 is 1. The first-order chi connectivity index (χ1) is 17.6. The van der Waals surface area contributed by atoms with Crippen molar-refractivity contribution in [2.45, 2.75) is 25.4 Å². The maximum absolute atomic E-state index is 12.8. The molecule has 0 bridgehead atoms. The summed E-state index contributed by atoms with van der Waals surface area (Å²) in [6.45, 7) is 2.79. The number of carbonyl (C=O) groups excluding carboxylic acids is 2.